The lowest BCUT2D eigenvalue weighted by Gasteiger charge is -2.21. The Bertz CT molecular complexity index is 730. The zero-order chi connectivity index (χ0) is 16.3. The van der Waals surface area contributed by atoms with Gasteiger partial charge in [0.05, 0.1) is 26.1 Å². The first kappa shape index (κ1) is 16.4. The van der Waals surface area contributed by atoms with Crippen molar-refractivity contribution in [1.29, 1.82) is 0 Å². The Labute approximate surface area is 137 Å². The van der Waals surface area contributed by atoms with Crippen molar-refractivity contribution in [2.75, 3.05) is 26.2 Å². The van der Waals surface area contributed by atoms with Crippen molar-refractivity contribution in [2.45, 2.75) is 6.54 Å². The van der Waals surface area contributed by atoms with Gasteiger partial charge in [0, 0.05) is 32.3 Å². The number of aromatic nitrogens is 2. The summed E-state index contributed by atoms with van der Waals surface area (Å²) in [6.07, 6.45) is 1.65. The Morgan fingerprint density at radius 3 is 2.68 bits per heavy atom. The van der Waals surface area contributed by atoms with Gasteiger partial charge in [-0.2, -0.15) is 5.10 Å². The van der Waals surface area contributed by atoms with Gasteiger partial charge < -0.3 is 14.4 Å². The lowest BCUT2D eigenvalue weighted by atomic mass is 10.1. The molecule has 0 N–H and O–H groups in total. The molecular formula is C15H18BrN3O3. The number of benzene rings is 1. The molecule has 1 aromatic heterocycles. The zero-order valence-electron chi connectivity index (χ0n) is 13.0. The summed E-state index contributed by atoms with van der Waals surface area (Å²) in [5, 5.41) is 4.05. The van der Waals surface area contributed by atoms with Gasteiger partial charge in [-0.3, -0.25) is 4.79 Å². The van der Waals surface area contributed by atoms with Crippen LogP contribution < -0.4 is 19.9 Å². The van der Waals surface area contributed by atoms with E-state index in [1.54, 1.807) is 27.5 Å². The fourth-order valence-electron chi connectivity index (χ4n) is 2.09. The van der Waals surface area contributed by atoms with E-state index in [0.717, 1.165) is 22.7 Å². The van der Waals surface area contributed by atoms with Gasteiger partial charge in [0.2, 0.25) is 0 Å². The molecule has 6 nitrogen and oxygen atoms in total. The maximum atomic E-state index is 11.9. The van der Waals surface area contributed by atoms with Gasteiger partial charge >= 0.3 is 0 Å². The van der Waals surface area contributed by atoms with Crippen LogP contribution in [-0.2, 0) is 13.6 Å². The van der Waals surface area contributed by atoms with Crippen molar-refractivity contribution in [1.82, 2.24) is 9.78 Å². The van der Waals surface area contributed by atoms with Gasteiger partial charge in [0.1, 0.15) is 16.0 Å². The molecule has 0 atom stereocenters. The topological polar surface area (TPSA) is 56.6 Å². The smallest absolute Gasteiger partial charge is 0.282 e. The van der Waals surface area contributed by atoms with E-state index in [4.69, 9.17) is 9.47 Å². The summed E-state index contributed by atoms with van der Waals surface area (Å²) >= 11 is 3.34. The van der Waals surface area contributed by atoms with E-state index in [9.17, 15) is 4.79 Å². The Morgan fingerprint density at radius 1 is 1.32 bits per heavy atom. The van der Waals surface area contributed by atoms with Crippen LogP contribution in [0.25, 0.3) is 0 Å². The van der Waals surface area contributed by atoms with Crippen LogP contribution in [0.4, 0.5) is 5.69 Å². The summed E-state index contributed by atoms with van der Waals surface area (Å²) in [6, 6.07) is 5.65. The molecule has 0 unspecified atom stereocenters. The van der Waals surface area contributed by atoms with E-state index in [2.05, 4.69) is 21.0 Å². The molecule has 2 aromatic rings. The predicted molar refractivity (Wildman–Crippen MR) is 88.8 cm³/mol. The molecule has 0 fully saturated rings. The first-order chi connectivity index (χ1) is 10.5. The number of nitrogens with zero attached hydrogens (tertiary/aromatic N) is 3. The molecule has 0 aliphatic rings. The van der Waals surface area contributed by atoms with Crippen molar-refractivity contribution in [2.24, 2.45) is 7.05 Å². The molecule has 1 heterocycles. The highest BCUT2D eigenvalue weighted by molar-refractivity contribution is 9.10. The highest BCUT2D eigenvalue weighted by Crippen LogP contribution is 2.28. The summed E-state index contributed by atoms with van der Waals surface area (Å²) in [6.45, 7) is 0.570. The van der Waals surface area contributed by atoms with Crippen molar-refractivity contribution < 1.29 is 9.47 Å². The third kappa shape index (κ3) is 3.24. The van der Waals surface area contributed by atoms with Gasteiger partial charge in [0.25, 0.3) is 5.56 Å². The minimum absolute atomic E-state index is 0.175. The molecule has 7 heteroatoms. The number of halogens is 1. The predicted octanol–water partition coefficient (Wildman–Crippen LogP) is 2.20. The molecule has 0 radical (unpaired) electrons. The third-order valence-electron chi connectivity index (χ3n) is 3.37. The third-order valence-corrected chi connectivity index (χ3v) is 4.12. The summed E-state index contributed by atoms with van der Waals surface area (Å²) in [7, 11) is 6.74. The van der Waals surface area contributed by atoms with Crippen LogP contribution in [-0.4, -0.2) is 31.0 Å². The molecule has 0 amide bonds. The van der Waals surface area contributed by atoms with Gasteiger partial charge in [-0.25, -0.2) is 4.68 Å². The molecule has 0 bridgehead atoms. The van der Waals surface area contributed by atoms with Gasteiger partial charge in [-0.05, 0) is 28.1 Å². The molecule has 0 aliphatic heterocycles. The number of methoxy groups -OCH3 is 2. The van der Waals surface area contributed by atoms with Gasteiger partial charge in [-0.15, -0.1) is 0 Å². The monoisotopic (exact) mass is 367 g/mol. The van der Waals surface area contributed by atoms with E-state index in [1.165, 1.54) is 4.68 Å². The molecule has 22 heavy (non-hydrogen) atoms. The molecular weight excluding hydrogens is 350 g/mol. The molecule has 0 saturated carbocycles. The Balaban J connectivity index is 2.31. The minimum Gasteiger partial charge on any atom is -0.497 e. The average molecular weight is 368 g/mol. The first-order valence-electron chi connectivity index (χ1n) is 6.61. The Hall–Kier alpha value is -2.02. The fraction of sp³-hybridized carbons (Fsp3) is 0.333. The van der Waals surface area contributed by atoms with Crippen LogP contribution in [0.5, 0.6) is 11.5 Å². The zero-order valence-corrected chi connectivity index (χ0v) is 14.5. The minimum atomic E-state index is -0.175. The Morgan fingerprint density at radius 2 is 2.05 bits per heavy atom. The SMILES string of the molecule is COc1ccc(CN(C)c2cnn(C)c(=O)c2Br)c(OC)c1. The second kappa shape index (κ2) is 6.83. The number of ether oxygens (including phenoxy) is 2. The fourth-order valence-corrected chi connectivity index (χ4v) is 2.75. The van der Waals surface area contributed by atoms with E-state index < -0.39 is 0 Å². The number of hydrogen-bond donors (Lipinski definition) is 0. The van der Waals surface area contributed by atoms with E-state index in [-0.39, 0.29) is 5.56 Å². The lowest BCUT2D eigenvalue weighted by molar-refractivity contribution is 0.391. The number of rotatable bonds is 5. The van der Waals surface area contributed by atoms with Crippen LogP contribution in [0, 0.1) is 0 Å². The molecule has 1 aromatic carbocycles. The van der Waals surface area contributed by atoms with Crippen molar-refractivity contribution in [3.63, 3.8) is 0 Å². The normalized spacial score (nSPS) is 10.4. The Kier molecular flexibility index (Phi) is 5.07. The molecule has 118 valence electrons. The van der Waals surface area contributed by atoms with Crippen molar-refractivity contribution >= 4 is 21.6 Å². The number of aryl methyl sites for hydroxylation is 1. The average Bonchev–Trinajstić information content (AvgIpc) is 2.53. The van der Waals surface area contributed by atoms with Crippen LogP contribution in [0.15, 0.2) is 33.7 Å². The summed E-state index contributed by atoms with van der Waals surface area (Å²) in [4.78, 5) is 13.9. The van der Waals surface area contributed by atoms with Crippen LogP contribution in [0.1, 0.15) is 5.56 Å². The summed E-state index contributed by atoms with van der Waals surface area (Å²) < 4.78 is 12.4. The van der Waals surface area contributed by atoms with Gasteiger partial charge in [0.15, 0.2) is 0 Å². The van der Waals surface area contributed by atoms with Gasteiger partial charge in [-0.1, -0.05) is 0 Å². The molecule has 0 spiro atoms. The lowest BCUT2D eigenvalue weighted by Crippen LogP contribution is -2.25. The highest BCUT2D eigenvalue weighted by atomic mass is 79.9. The van der Waals surface area contributed by atoms with E-state index in [0.29, 0.717) is 11.0 Å². The molecule has 0 saturated heterocycles. The number of anilines is 1. The van der Waals surface area contributed by atoms with Crippen LogP contribution >= 0.6 is 15.9 Å². The highest BCUT2D eigenvalue weighted by Gasteiger charge is 2.14. The molecule has 2 rings (SSSR count). The second-order valence-electron chi connectivity index (χ2n) is 4.81. The standard InChI is InChI=1S/C15H18BrN3O3/c1-18(12-8-17-19(2)15(20)14(12)16)9-10-5-6-11(21-3)7-13(10)22-4/h5-8H,9H2,1-4H3. The van der Waals surface area contributed by atoms with Crippen LogP contribution in [0.2, 0.25) is 0 Å². The first-order valence-corrected chi connectivity index (χ1v) is 7.41. The maximum Gasteiger partial charge on any atom is 0.282 e. The second-order valence-corrected chi connectivity index (χ2v) is 5.60. The van der Waals surface area contributed by atoms with Crippen molar-refractivity contribution in [3.05, 3.63) is 44.8 Å². The van der Waals surface area contributed by atoms with E-state index >= 15 is 0 Å². The van der Waals surface area contributed by atoms with E-state index in [1.807, 2.05) is 30.1 Å². The largest absolute Gasteiger partial charge is 0.497 e. The van der Waals surface area contributed by atoms with Crippen molar-refractivity contribution in [3.8, 4) is 11.5 Å². The number of hydrogen-bond acceptors (Lipinski definition) is 5. The summed E-state index contributed by atoms with van der Waals surface area (Å²) in [5.74, 6) is 1.47. The van der Waals surface area contributed by atoms with Crippen LogP contribution in [0.3, 0.4) is 0 Å². The summed E-state index contributed by atoms with van der Waals surface area (Å²) in [5.41, 5.74) is 1.53. The quantitative estimate of drug-likeness (QED) is 0.810. The maximum absolute atomic E-state index is 11.9. The molecule has 0 aliphatic carbocycles.